The monoisotopic (exact) mass is 278 g/mol. The number of hydrogen-bond acceptors (Lipinski definition) is 3. The van der Waals surface area contributed by atoms with Gasteiger partial charge in [0.1, 0.15) is 4.88 Å². The van der Waals surface area contributed by atoms with Gasteiger partial charge in [-0.05, 0) is 24.1 Å². The molecule has 0 saturated heterocycles. The molecule has 0 bridgehead atoms. The summed E-state index contributed by atoms with van der Waals surface area (Å²) in [5.41, 5.74) is 2.44. The van der Waals surface area contributed by atoms with Crippen LogP contribution in [0, 0.1) is 6.92 Å². The fraction of sp³-hybridized carbons (Fsp3) is 0.214. The average molecular weight is 278 g/mol. The van der Waals surface area contributed by atoms with Crippen LogP contribution in [0.3, 0.4) is 0 Å². The van der Waals surface area contributed by atoms with Crippen molar-refractivity contribution in [2.75, 3.05) is 0 Å². The maximum Gasteiger partial charge on any atom is 0.345 e. The van der Waals surface area contributed by atoms with Crippen molar-refractivity contribution in [3.63, 3.8) is 0 Å². The Morgan fingerprint density at radius 2 is 2.00 bits per heavy atom. The van der Waals surface area contributed by atoms with Gasteiger partial charge in [0.25, 0.3) is 0 Å². The number of aromatic carboxylic acids is 1. The second-order valence-electron chi connectivity index (χ2n) is 3.98. The molecule has 94 valence electrons. The van der Waals surface area contributed by atoms with E-state index in [9.17, 15) is 4.79 Å². The lowest BCUT2D eigenvalue weighted by Gasteiger charge is -2.01. The van der Waals surface area contributed by atoms with Gasteiger partial charge >= 0.3 is 5.97 Å². The third-order valence-corrected chi connectivity index (χ3v) is 4.73. The molecule has 0 aliphatic heterocycles. The normalized spacial score (nSPS) is 10.5. The third kappa shape index (κ3) is 3.37. The van der Waals surface area contributed by atoms with Gasteiger partial charge in [-0.2, -0.15) is 11.8 Å². The van der Waals surface area contributed by atoms with Crippen molar-refractivity contribution in [1.29, 1.82) is 0 Å². The Labute approximate surface area is 115 Å². The van der Waals surface area contributed by atoms with E-state index in [1.54, 1.807) is 6.07 Å². The second-order valence-corrected chi connectivity index (χ2v) is 6.22. The number of carboxylic acid groups (broad SMARTS) is 1. The molecule has 2 aromatic rings. The number of carbonyl (C=O) groups is 1. The van der Waals surface area contributed by atoms with Crippen LogP contribution in [0.15, 0.2) is 36.4 Å². The Bertz CT molecular complexity index is 532. The average Bonchev–Trinajstić information content (AvgIpc) is 2.73. The second kappa shape index (κ2) is 6.07. The zero-order valence-corrected chi connectivity index (χ0v) is 11.7. The molecule has 1 heterocycles. The molecular formula is C14H14O2S2. The predicted molar refractivity (Wildman–Crippen MR) is 77.5 cm³/mol. The van der Waals surface area contributed by atoms with Gasteiger partial charge in [0.15, 0.2) is 0 Å². The van der Waals surface area contributed by atoms with Crippen molar-refractivity contribution < 1.29 is 9.90 Å². The summed E-state index contributed by atoms with van der Waals surface area (Å²) in [5, 5.41) is 8.93. The Morgan fingerprint density at radius 1 is 1.28 bits per heavy atom. The van der Waals surface area contributed by atoms with Crippen LogP contribution < -0.4 is 0 Å². The van der Waals surface area contributed by atoms with Crippen molar-refractivity contribution in [2.45, 2.75) is 18.4 Å². The molecule has 0 radical (unpaired) electrons. The van der Waals surface area contributed by atoms with E-state index in [0.29, 0.717) is 4.88 Å². The topological polar surface area (TPSA) is 37.3 Å². The summed E-state index contributed by atoms with van der Waals surface area (Å²) in [7, 11) is 0. The van der Waals surface area contributed by atoms with E-state index < -0.39 is 5.97 Å². The van der Waals surface area contributed by atoms with Gasteiger partial charge in [-0.3, -0.25) is 0 Å². The number of aryl methyl sites for hydroxylation is 1. The first kappa shape index (κ1) is 13.2. The van der Waals surface area contributed by atoms with Crippen molar-refractivity contribution in [1.82, 2.24) is 0 Å². The first-order valence-corrected chi connectivity index (χ1v) is 7.58. The molecule has 0 aliphatic carbocycles. The van der Waals surface area contributed by atoms with Crippen molar-refractivity contribution in [2.24, 2.45) is 0 Å². The minimum Gasteiger partial charge on any atom is -0.477 e. The molecule has 0 spiro atoms. The van der Waals surface area contributed by atoms with Gasteiger partial charge in [0.05, 0.1) is 0 Å². The van der Waals surface area contributed by atoms with E-state index in [1.807, 2.05) is 36.9 Å². The molecule has 1 aromatic carbocycles. The highest BCUT2D eigenvalue weighted by atomic mass is 32.2. The summed E-state index contributed by atoms with van der Waals surface area (Å²) in [6.45, 7) is 1.98. The molecule has 0 aliphatic rings. The quantitative estimate of drug-likeness (QED) is 0.891. The lowest BCUT2D eigenvalue weighted by Crippen LogP contribution is -1.90. The van der Waals surface area contributed by atoms with E-state index in [0.717, 1.165) is 21.9 Å². The Hall–Kier alpha value is -1.26. The number of thioether (sulfide) groups is 1. The maximum absolute atomic E-state index is 10.9. The fourth-order valence-corrected chi connectivity index (χ4v) is 3.64. The SMILES string of the molecule is Cc1sc(C(=O)O)cc1CSCc1ccccc1. The standard InChI is InChI=1S/C14H14O2S2/c1-10-12(7-13(18-10)14(15)16)9-17-8-11-5-3-2-4-6-11/h2-7H,8-9H2,1H3,(H,15,16). The summed E-state index contributed by atoms with van der Waals surface area (Å²) in [6.07, 6.45) is 0. The van der Waals surface area contributed by atoms with Crippen LogP contribution in [0.5, 0.6) is 0 Å². The number of carboxylic acids is 1. The lowest BCUT2D eigenvalue weighted by molar-refractivity contribution is 0.0702. The first-order valence-electron chi connectivity index (χ1n) is 5.61. The number of benzene rings is 1. The van der Waals surface area contributed by atoms with Crippen LogP contribution in [0.2, 0.25) is 0 Å². The Balaban J connectivity index is 1.92. The Kier molecular flexibility index (Phi) is 4.44. The van der Waals surface area contributed by atoms with Crippen molar-refractivity contribution >= 4 is 29.1 Å². The molecule has 2 rings (SSSR count). The fourth-order valence-electron chi connectivity index (χ4n) is 1.62. The summed E-state index contributed by atoms with van der Waals surface area (Å²) in [6, 6.07) is 12.1. The molecule has 1 aromatic heterocycles. The van der Waals surface area contributed by atoms with Gasteiger partial charge in [-0.1, -0.05) is 30.3 Å². The first-order chi connectivity index (χ1) is 8.66. The molecule has 0 amide bonds. The van der Waals surface area contributed by atoms with Crippen LogP contribution in [-0.2, 0) is 11.5 Å². The zero-order valence-electron chi connectivity index (χ0n) is 10.1. The molecule has 1 N–H and O–H groups in total. The van der Waals surface area contributed by atoms with Crippen LogP contribution in [0.1, 0.15) is 25.7 Å². The molecule has 4 heteroatoms. The summed E-state index contributed by atoms with van der Waals surface area (Å²) in [4.78, 5) is 12.4. The smallest absolute Gasteiger partial charge is 0.345 e. The molecule has 0 fully saturated rings. The van der Waals surface area contributed by atoms with Gasteiger partial charge in [0.2, 0.25) is 0 Å². The van der Waals surface area contributed by atoms with Crippen LogP contribution in [0.25, 0.3) is 0 Å². The Morgan fingerprint density at radius 3 is 2.61 bits per heavy atom. The van der Waals surface area contributed by atoms with E-state index in [4.69, 9.17) is 5.11 Å². The summed E-state index contributed by atoms with van der Waals surface area (Å²) < 4.78 is 0. The van der Waals surface area contributed by atoms with Crippen molar-refractivity contribution in [3.05, 3.63) is 57.3 Å². The molecule has 0 atom stereocenters. The minimum absolute atomic E-state index is 0.433. The number of thiophene rings is 1. The molecule has 0 saturated carbocycles. The zero-order chi connectivity index (χ0) is 13.0. The molecular weight excluding hydrogens is 264 g/mol. The third-order valence-electron chi connectivity index (χ3n) is 2.60. The largest absolute Gasteiger partial charge is 0.477 e. The highest BCUT2D eigenvalue weighted by Gasteiger charge is 2.10. The minimum atomic E-state index is -0.831. The lowest BCUT2D eigenvalue weighted by atomic mass is 10.2. The summed E-state index contributed by atoms with van der Waals surface area (Å²) in [5.74, 6) is 0.991. The van der Waals surface area contributed by atoms with Crippen LogP contribution in [-0.4, -0.2) is 11.1 Å². The molecule has 2 nitrogen and oxygen atoms in total. The maximum atomic E-state index is 10.9. The van der Waals surface area contributed by atoms with E-state index in [2.05, 4.69) is 12.1 Å². The molecule has 18 heavy (non-hydrogen) atoms. The predicted octanol–water partition coefficient (Wildman–Crippen LogP) is 4.19. The van der Waals surface area contributed by atoms with Gasteiger partial charge < -0.3 is 5.11 Å². The van der Waals surface area contributed by atoms with Crippen molar-refractivity contribution in [3.8, 4) is 0 Å². The van der Waals surface area contributed by atoms with Gasteiger partial charge in [-0.25, -0.2) is 4.79 Å². The van der Waals surface area contributed by atoms with E-state index in [1.165, 1.54) is 16.9 Å². The van der Waals surface area contributed by atoms with Gasteiger partial charge in [0, 0.05) is 16.4 Å². The van der Waals surface area contributed by atoms with Crippen LogP contribution in [0.4, 0.5) is 0 Å². The number of hydrogen-bond donors (Lipinski definition) is 1. The van der Waals surface area contributed by atoms with Gasteiger partial charge in [-0.15, -0.1) is 11.3 Å². The van der Waals surface area contributed by atoms with Crippen LogP contribution >= 0.6 is 23.1 Å². The highest BCUT2D eigenvalue weighted by molar-refractivity contribution is 7.97. The van der Waals surface area contributed by atoms with E-state index >= 15 is 0 Å². The molecule has 0 unspecified atom stereocenters. The van der Waals surface area contributed by atoms with E-state index in [-0.39, 0.29) is 0 Å². The number of rotatable bonds is 5. The summed E-state index contributed by atoms with van der Waals surface area (Å²) >= 11 is 3.17. The highest BCUT2D eigenvalue weighted by Crippen LogP contribution is 2.26.